The van der Waals surface area contributed by atoms with E-state index in [9.17, 15) is 0 Å². The lowest BCUT2D eigenvalue weighted by molar-refractivity contribution is 0.584. The van der Waals surface area contributed by atoms with Crippen molar-refractivity contribution >= 4 is 28.4 Å². The number of rotatable bonds is 7. The maximum absolute atomic E-state index is 6.66. The van der Waals surface area contributed by atoms with E-state index >= 15 is 0 Å². The van der Waals surface area contributed by atoms with Crippen LogP contribution in [0.3, 0.4) is 0 Å². The number of nitrogens with zero attached hydrogens (tertiary/aromatic N) is 4. The molecule has 292 valence electrons. The van der Waals surface area contributed by atoms with Crippen molar-refractivity contribution in [2.75, 3.05) is 4.90 Å². The summed E-state index contributed by atoms with van der Waals surface area (Å²) in [5.74, 6) is 2.89. The Bertz CT molecular complexity index is 3290. The zero-order chi connectivity index (χ0) is 41.0. The predicted octanol–water partition coefficient (Wildman–Crippen LogP) is 14.3. The van der Waals surface area contributed by atoms with Crippen LogP contribution in [-0.2, 0) is 0 Å². The molecular weight excluding hydrogens is 757 g/mol. The summed E-state index contributed by atoms with van der Waals surface area (Å²) >= 11 is 0. The molecule has 1 aliphatic carbocycles. The van der Waals surface area contributed by atoms with E-state index in [0.717, 1.165) is 61.2 Å². The predicted molar refractivity (Wildman–Crippen MR) is 252 cm³/mol. The van der Waals surface area contributed by atoms with E-state index in [2.05, 4.69) is 211 Å². The van der Waals surface area contributed by atoms with Crippen LogP contribution < -0.4 is 4.90 Å². The third-order valence-corrected chi connectivity index (χ3v) is 12.3. The molecule has 0 fully saturated rings. The lowest BCUT2D eigenvalue weighted by atomic mass is 9.81. The van der Waals surface area contributed by atoms with Gasteiger partial charge in [-0.05, 0) is 75.4 Å². The average molecular weight is 795 g/mol. The molecule has 0 spiro atoms. The second kappa shape index (κ2) is 14.8. The molecule has 10 aromatic rings. The summed E-state index contributed by atoms with van der Waals surface area (Å²) in [4.78, 5) is 17.8. The minimum atomic E-state index is 0.109. The summed E-state index contributed by atoms with van der Waals surface area (Å²) in [6, 6.07) is 72.4. The van der Waals surface area contributed by atoms with Crippen LogP contribution in [0.15, 0.2) is 217 Å². The van der Waals surface area contributed by atoms with Gasteiger partial charge in [-0.1, -0.05) is 182 Å². The highest BCUT2D eigenvalue weighted by molar-refractivity contribution is 6.00. The lowest BCUT2D eigenvalue weighted by Crippen LogP contribution is -2.30. The molecule has 0 amide bonds. The number of furan rings is 1. The van der Waals surface area contributed by atoms with E-state index in [0.29, 0.717) is 17.5 Å². The van der Waals surface area contributed by atoms with Gasteiger partial charge in [-0.25, -0.2) is 15.0 Å². The van der Waals surface area contributed by atoms with Crippen LogP contribution in [0, 0.1) is 0 Å². The maximum atomic E-state index is 6.66. The standard InChI is InChI=1S/C57H38N4O/c1-4-14-37(15-5-1)39-26-30-41(31-27-39)55-58-56(60-57(59-55)44-19-12-18-43(36-44)38-16-6-2-7-17-38)42-32-28-40(29-33-42)46-23-13-25-50-53(46)54-51(62-50)35-34-49-52(54)47-22-10-11-24-48(47)61(49)45-20-8-3-9-21-45/h1-36,49,52H. The molecule has 0 radical (unpaired) electrons. The van der Waals surface area contributed by atoms with Crippen molar-refractivity contribution in [3.8, 4) is 67.5 Å². The molecule has 0 N–H and O–H groups in total. The molecule has 2 aliphatic rings. The van der Waals surface area contributed by atoms with Gasteiger partial charge in [0.1, 0.15) is 11.3 Å². The molecule has 2 aromatic heterocycles. The lowest BCUT2D eigenvalue weighted by Gasteiger charge is -2.30. The topological polar surface area (TPSA) is 55.1 Å². The number of benzene rings is 8. The van der Waals surface area contributed by atoms with Gasteiger partial charge < -0.3 is 9.32 Å². The van der Waals surface area contributed by atoms with Crippen LogP contribution in [0.2, 0.25) is 0 Å². The van der Waals surface area contributed by atoms with Gasteiger partial charge in [0.25, 0.3) is 0 Å². The first-order valence-corrected chi connectivity index (χ1v) is 21.1. The van der Waals surface area contributed by atoms with E-state index in [1.54, 1.807) is 0 Å². The molecule has 8 aromatic carbocycles. The van der Waals surface area contributed by atoms with Crippen LogP contribution in [0.4, 0.5) is 11.4 Å². The summed E-state index contributed by atoms with van der Waals surface area (Å²) < 4.78 is 6.66. The monoisotopic (exact) mass is 794 g/mol. The number of aromatic nitrogens is 3. The van der Waals surface area contributed by atoms with Crippen molar-refractivity contribution < 1.29 is 4.42 Å². The van der Waals surface area contributed by atoms with Crippen LogP contribution in [-0.4, -0.2) is 21.0 Å². The fourth-order valence-electron chi connectivity index (χ4n) is 9.41. The van der Waals surface area contributed by atoms with Crippen molar-refractivity contribution in [3.05, 3.63) is 229 Å². The molecule has 5 nitrogen and oxygen atoms in total. The Morgan fingerprint density at radius 2 is 0.935 bits per heavy atom. The van der Waals surface area contributed by atoms with Crippen LogP contribution in [0.25, 0.3) is 84.6 Å². The Balaban J connectivity index is 0.950. The van der Waals surface area contributed by atoms with Crippen molar-refractivity contribution in [2.24, 2.45) is 0 Å². The van der Waals surface area contributed by atoms with Crippen LogP contribution in [0.5, 0.6) is 0 Å². The zero-order valence-electron chi connectivity index (χ0n) is 33.6. The molecule has 0 saturated carbocycles. The SMILES string of the molecule is C1=CC2C(c3ccccc3N2c2ccccc2)c2c1oc1cccc(-c3ccc(-c4nc(-c5ccc(-c6ccccc6)cc5)nc(-c5cccc(-c6ccccc6)c5)n4)cc3)c21. The molecule has 1 aliphatic heterocycles. The Kier molecular flexibility index (Phi) is 8.56. The molecule has 3 heterocycles. The smallest absolute Gasteiger partial charge is 0.164 e. The highest BCUT2D eigenvalue weighted by Gasteiger charge is 2.43. The number of hydrogen-bond acceptors (Lipinski definition) is 5. The van der Waals surface area contributed by atoms with Crippen molar-refractivity contribution in [3.63, 3.8) is 0 Å². The van der Waals surface area contributed by atoms with E-state index in [1.165, 1.54) is 28.1 Å². The molecule has 2 unspecified atom stereocenters. The average Bonchev–Trinajstić information content (AvgIpc) is 3.91. The second-order valence-corrected chi connectivity index (χ2v) is 15.9. The summed E-state index contributed by atoms with van der Waals surface area (Å²) in [7, 11) is 0. The first kappa shape index (κ1) is 35.8. The molecule has 5 heteroatoms. The summed E-state index contributed by atoms with van der Waals surface area (Å²) in [5.41, 5.74) is 15.4. The summed E-state index contributed by atoms with van der Waals surface area (Å²) in [5, 5.41) is 1.15. The third kappa shape index (κ3) is 6.13. The first-order valence-electron chi connectivity index (χ1n) is 21.1. The van der Waals surface area contributed by atoms with E-state index in [-0.39, 0.29) is 12.0 Å². The second-order valence-electron chi connectivity index (χ2n) is 15.9. The Morgan fingerprint density at radius 1 is 0.419 bits per heavy atom. The largest absolute Gasteiger partial charge is 0.456 e. The summed E-state index contributed by atoms with van der Waals surface area (Å²) in [6.45, 7) is 0. The van der Waals surface area contributed by atoms with E-state index in [1.807, 2.05) is 12.1 Å². The van der Waals surface area contributed by atoms with Gasteiger partial charge in [-0.3, -0.25) is 0 Å². The Labute approximate surface area is 360 Å². The van der Waals surface area contributed by atoms with Gasteiger partial charge in [-0.2, -0.15) is 0 Å². The molecule has 2 atom stereocenters. The van der Waals surface area contributed by atoms with Gasteiger partial charge in [-0.15, -0.1) is 0 Å². The highest BCUT2D eigenvalue weighted by Crippen LogP contribution is 2.54. The zero-order valence-corrected chi connectivity index (χ0v) is 33.6. The minimum Gasteiger partial charge on any atom is -0.456 e. The quantitative estimate of drug-likeness (QED) is 0.161. The maximum Gasteiger partial charge on any atom is 0.164 e. The number of anilines is 2. The van der Waals surface area contributed by atoms with Gasteiger partial charge in [0.2, 0.25) is 0 Å². The van der Waals surface area contributed by atoms with Crippen LogP contribution in [0.1, 0.15) is 22.8 Å². The fraction of sp³-hybridized carbons (Fsp3) is 0.0351. The van der Waals surface area contributed by atoms with E-state index < -0.39 is 0 Å². The number of hydrogen-bond donors (Lipinski definition) is 0. The van der Waals surface area contributed by atoms with Crippen LogP contribution >= 0.6 is 0 Å². The fourth-order valence-corrected chi connectivity index (χ4v) is 9.41. The molecule has 12 rings (SSSR count). The molecule has 0 bridgehead atoms. The van der Waals surface area contributed by atoms with Gasteiger partial charge >= 0.3 is 0 Å². The van der Waals surface area contributed by atoms with Crippen molar-refractivity contribution in [1.82, 2.24) is 15.0 Å². The Morgan fingerprint density at radius 3 is 1.63 bits per heavy atom. The van der Waals surface area contributed by atoms with Crippen molar-refractivity contribution in [2.45, 2.75) is 12.0 Å². The first-order chi connectivity index (χ1) is 30.7. The summed E-state index contributed by atoms with van der Waals surface area (Å²) in [6.07, 6.45) is 4.48. The van der Waals surface area contributed by atoms with Gasteiger partial charge in [0, 0.05) is 44.9 Å². The minimum absolute atomic E-state index is 0.109. The van der Waals surface area contributed by atoms with Gasteiger partial charge in [0.05, 0.1) is 6.04 Å². The molecular formula is C57H38N4O. The van der Waals surface area contributed by atoms with Crippen molar-refractivity contribution in [1.29, 1.82) is 0 Å². The normalized spacial score (nSPS) is 15.0. The van der Waals surface area contributed by atoms with E-state index in [4.69, 9.17) is 19.4 Å². The molecule has 62 heavy (non-hydrogen) atoms. The number of para-hydroxylation sites is 2. The highest BCUT2D eigenvalue weighted by atomic mass is 16.3. The molecule has 0 saturated heterocycles. The van der Waals surface area contributed by atoms with Gasteiger partial charge in [0.15, 0.2) is 17.5 Å². The third-order valence-electron chi connectivity index (χ3n) is 12.3. The number of fused-ring (bicyclic) bond motifs is 7. The Hall–Kier alpha value is -8.15.